The zero-order chi connectivity index (χ0) is 17.7. The topological polar surface area (TPSA) is 70.6 Å². The Bertz CT molecular complexity index is 804. The summed E-state index contributed by atoms with van der Waals surface area (Å²) in [6.07, 6.45) is 1.08. The van der Waals surface area contributed by atoms with Gasteiger partial charge < -0.3 is 5.32 Å². The van der Waals surface area contributed by atoms with Crippen LogP contribution in [0.5, 0.6) is 0 Å². The number of benzene rings is 2. The van der Waals surface area contributed by atoms with Crippen molar-refractivity contribution in [3.63, 3.8) is 0 Å². The van der Waals surface area contributed by atoms with Crippen molar-refractivity contribution in [2.45, 2.75) is 0 Å². The highest BCUT2D eigenvalue weighted by atomic mass is 35.5. The van der Waals surface area contributed by atoms with Crippen molar-refractivity contribution in [2.75, 3.05) is 5.32 Å². The monoisotopic (exact) mass is 387 g/mol. The first kappa shape index (κ1) is 18.2. The number of halogens is 4. The van der Waals surface area contributed by atoms with Gasteiger partial charge in [0.2, 0.25) is 0 Å². The second-order valence-corrected chi connectivity index (χ2v) is 5.62. The van der Waals surface area contributed by atoms with Gasteiger partial charge in [-0.15, -0.1) is 0 Å². The molecule has 0 aromatic heterocycles. The number of anilines is 1. The fourth-order valence-corrected chi connectivity index (χ4v) is 2.20. The third-order valence-electron chi connectivity index (χ3n) is 2.72. The first-order valence-electron chi connectivity index (χ1n) is 6.42. The number of carbonyl (C=O) groups is 2. The second kappa shape index (κ2) is 8.10. The summed E-state index contributed by atoms with van der Waals surface area (Å²) >= 11 is 17.4. The number of hydrogen-bond acceptors (Lipinski definition) is 3. The maximum absolute atomic E-state index is 13.3. The molecule has 0 saturated carbocycles. The number of carbonyl (C=O) groups excluding carboxylic acids is 2. The van der Waals surface area contributed by atoms with Gasteiger partial charge in [0, 0.05) is 11.3 Å². The van der Waals surface area contributed by atoms with Crippen LogP contribution in [0.2, 0.25) is 15.1 Å². The van der Waals surface area contributed by atoms with E-state index in [2.05, 4.69) is 10.4 Å². The molecule has 0 fully saturated rings. The number of nitrogens with one attached hydrogen (secondary N) is 2. The fourth-order valence-electron chi connectivity index (χ4n) is 1.61. The van der Waals surface area contributed by atoms with Gasteiger partial charge in [-0.3, -0.25) is 9.59 Å². The van der Waals surface area contributed by atoms with E-state index in [4.69, 9.17) is 34.8 Å². The van der Waals surface area contributed by atoms with Crippen LogP contribution in [0.1, 0.15) is 5.56 Å². The standard InChI is InChI=1S/C15H9Cl3FN3O2/c16-10-5-9(6-11(17)13(10)18)21-14(23)15(24)22-20-7-8-3-1-2-4-12(8)19/h1-7H,(H,21,23)(H,22,24)/b20-7+. The minimum Gasteiger partial charge on any atom is -0.318 e. The summed E-state index contributed by atoms with van der Waals surface area (Å²) < 4.78 is 13.3. The Morgan fingerprint density at radius 2 is 1.67 bits per heavy atom. The van der Waals surface area contributed by atoms with Gasteiger partial charge in [0.25, 0.3) is 0 Å². The average Bonchev–Trinajstić information content (AvgIpc) is 2.54. The molecule has 5 nitrogen and oxygen atoms in total. The Hall–Kier alpha value is -2.15. The van der Waals surface area contributed by atoms with Gasteiger partial charge in [0.05, 0.1) is 21.3 Å². The Morgan fingerprint density at radius 3 is 2.29 bits per heavy atom. The molecular weight excluding hydrogens is 380 g/mol. The number of rotatable bonds is 3. The van der Waals surface area contributed by atoms with E-state index < -0.39 is 17.6 Å². The van der Waals surface area contributed by atoms with Crippen LogP contribution in [-0.4, -0.2) is 18.0 Å². The fraction of sp³-hybridized carbons (Fsp3) is 0. The summed E-state index contributed by atoms with van der Waals surface area (Å²) in [5, 5.41) is 6.18. The minimum absolute atomic E-state index is 0.123. The lowest BCUT2D eigenvalue weighted by Gasteiger charge is -2.06. The molecule has 2 aromatic carbocycles. The Kier molecular flexibility index (Phi) is 6.14. The highest BCUT2D eigenvalue weighted by Gasteiger charge is 2.14. The minimum atomic E-state index is -1.05. The zero-order valence-corrected chi connectivity index (χ0v) is 14.1. The van der Waals surface area contributed by atoms with Crippen LogP contribution >= 0.6 is 34.8 Å². The molecule has 0 aliphatic heterocycles. The average molecular weight is 389 g/mol. The van der Waals surface area contributed by atoms with E-state index in [9.17, 15) is 14.0 Å². The van der Waals surface area contributed by atoms with Crippen LogP contribution in [0.3, 0.4) is 0 Å². The second-order valence-electron chi connectivity index (χ2n) is 4.43. The maximum Gasteiger partial charge on any atom is 0.329 e. The van der Waals surface area contributed by atoms with Crippen LogP contribution in [0, 0.1) is 5.82 Å². The molecule has 0 atom stereocenters. The predicted molar refractivity (Wildman–Crippen MR) is 92.2 cm³/mol. The van der Waals surface area contributed by atoms with Crippen LogP contribution in [-0.2, 0) is 9.59 Å². The molecule has 2 N–H and O–H groups in total. The summed E-state index contributed by atoms with van der Waals surface area (Å²) in [7, 11) is 0. The van der Waals surface area contributed by atoms with Crippen molar-refractivity contribution < 1.29 is 14.0 Å². The summed E-state index contributed by atoms with van der Waals surface area (Å²) in [5.41, 5.74) is 2.33. The number of nitrogens with zero attached hydrogens (tertiary/aromatic N) is 1. The lowest BCUT2D eigenvalue weighted by atomic mass is 10.2. The summed E-state index contributed by atoms with van der Waals surface area (Å²) in [5.74, 6) is -2.56. The van der Waals surface area contributed by atoms with Crippen LogP contribution in [0.4, 0.5) is 10.1 Å². The lowest BCUT2D eigenvalue weighted by molar-refractivity contribution is -0.136. The maximum atomic E-state index is 13.3. The van der Waals surface area contributed by atoms with Gasteiger partial charge in [-0.2, -0.15) is 5.10 Å². The van der Waals surface area contributed by atoms with Gasteiger partial charge in [0.1, 0.15) is 5.82 Å². The largest absolute Gasteiger partial charge is 0.329 e. The van der Waals surface area contributed by atoms with E-state index in [1.165, 1.54) is 30.3 Å². The summed E-state index contributed by atoms with van der Waals surface area (Å²) in [6, 6.07) is 8.49. The molecule has 0 aliphatic rings. The van der Waals surface area contributed by atoms with E-state index in [0.29, 0.717) is 0 Å². The Labute approximate surface area is 151 Å². The van der Waals surface area contributed by atoms with Crippen molar-refractivity contribution in [2.24, 2.45) is 5.10 Å². The molecule has 2 rings (SSSR count). The van der Waals surface area contributed by atoms with Crippen LogP contribution in [0.15, 0.2) is 41.5 Å². The highest BCUT2D eigenvalue weighted by Crippen LogP contribution is 2.33. The summed E-state index contributed by atoms with van der Waals surface area (Å²) in [4.78, 5) is 23.4. The molecule has 2 aromatic rings. The SMILES string of the molecule is O=C(N/N=C/c1ccccc1F)C(=O)Nc1cc(Cl)c(Cl)c(Cl)c1. The molecular formula is C15H9Cl3FN3O2. The van der Waals surface area contributed by atoms with E-state index in [-0.39, 0.29) is 26.3 Å². The molecule has 124 valence electrons. The third kappa shape index (κ3) is 4.67. The molecule has 9 heteroatoms. The number of hydrazone groups is 1. The van der Waals surface area contributed by atoms with Crippen LogP contribution in [0.25, 0.3) is 0 Å². The summed E-state index contributed by atoms with van der Waals surface area (Å²) in [6.45, 7) is 0. The molecule has 0 unspecified atom stereocenters. The number of hydrogen-bond donors (Lipinski definition) is 2. The molecule has 2 amide bonds. The third-order valence-corrected chi connectivity index (χ3v) is 3.92. The first-order chi connectivity index (χ1) is 11.4. The Morgan fingerprint density at radius 1 is 1.04 bits per heavy atom. The molecule has 0 saturated heterocycles. The molecule has 0 heterocycles. The highest BCUT2D eigenvalue weighted by molar-refractivity contribution is 6.48. The molecule has 0 spiro atoms. The van der Waals surface area contributed by atoms with Crippen molar-refractivity contribution in [1.29, 1.82) is 0 Å². The molecule has 0 aliphatic carbocycles. The van der Waals surface area contributed by atoms with Gasteiger partial charge in [-0.1, -0.05) is 53.0 Å². The van der Waals surface area contributed by atoms with E-state index in [1.54, 1.807) is 6.07 Å². The number of amides is 2. The molecule has 0 radical (unpaired) electrons. The van der Waals surface area contributed by atoms with E-state index in [0.717, 1.165) is 6.21 Å². The predicted octanol–water partition coefficient (Wildman–Crippen LogP) is 3.87. The van der Waals surface area contributed by atoms with Gasteiger partial charge in [0.15, 0.2) is 0 Å². The smallest absolute Gasteiger partial charge is 0.318 e. The van der Waals surface area contributed by atoms with Gasteiger partial charge in [-0.05, 0) is 18.2 Å². The van der Waals surface area contributed by atoms with E-state index in [1.807, 2.05) is 5.43 Å². The Balaban J connectivity index is 1.98. The van der Waals surface area contributed by atoms with Gasteiger partial charge >= 0.3 is 11.8 Å². The lowest BCUT2D eigenvalue weighted by Crippen LogP contribution is -2.32. The van der Waals surface area contributed by atoms with Crippen molar-refractivity contribution >= 4 is 58.5 Å². The normalized spacial score (nSPS) is 10.7. The van der Waals surface area contributed by atoms with Gasteiger partial charge in [-0.25, -0.2) is 9.82 Å². The molecule has 0 bridgehead atoms. The van der Waals surface area contributed by atoms with E-state index >= 15 is 0 Å². The zero-order valence-electron chi connectivity index (χ0n) is 11.8. The van der Waals surface area contributed by atoms with Crippen molar-refractivity contribution in [1.82, 2.24) is 5.43 Å². The van der Waals surface area contributed by atoms with Crippen LogP contribution < -0.4 is 10.7 Å². The van der Waals surface area contributed by atoms with Crippen molar-refractivity contribution in [3.8, 4) is 0 Å². The first-order valence-corrected chi connectivity index (χ1v) is 7.55. The van der Waals surface area contributed by atoms with Crippen molar-refractivity contribution in [3.05, 3.63) is 62.8 Å². The quantitative estimate of drug-likeness (QED) is 0.363. The molecule has 24 heavy (non-hydrogen) atoms.